The van der Waals surface area contributed by atoms with Crippen LogP contribution in [0.1, 0.15) is 35.2 Å². The first-order valence-electron chi connectivity index (χ1n) is 9.74. The Bertz CT molecular complexity index is 742. The van der Waals surface area contributed by atoms with Crippen molar-refractivity contribution >= 4 is 17.2 Å². The third-order valence-electron chi connectivity index (χ3n) is 6.47. The highest BCUT2D eigenvalue weighted by atomic mass is 32.1. The molecule has 0 aromatic carbocycles. The predicted octanol–water partition coefficient (Wildman–Crippen LogP) is 2.88. The van der Waals surface area contributed by atoms with Gasteiger partial charge in [0.15, 0.2) is 0 Å². The number of piperidine rings is 2. The lowest BCUT2D eigenvalue weighted by molar-refractivity contribution is -0.0364. The fraction of sp³-hybridized carbons (Fsp3) is 0.524. The molecule has 2 aromatic heterocycles. The first-order valence-corrected chi connectivity index (χ1v) is 10.7. The maximum absolute atomic E-state index is 12.7. The largest absolute Gasteiger partial charge is 0.396 e. The number of nitrogens with zero attached hydrogens (tertiary/aromatic N) is 3. The van der Waals surface area contributed by atoms with Crippen molar-refractivity contribution < 1.29 is 9.90 Å². The van der Waals surface area contributed by atoms with Crippen molar-refractivity contribution in [1.29, 1.82) is 0 Å². The number of amides is 1. The molecule has 1 atom stereocenters. The van der Waals surface area contributed by atoms with Gasteiger partial charge >= 0.3 is 0 Å². The van der Waals surface area contributed by atoms with Crippen LogP contribution < -0.4 is 0 Å². The van der Waals surface area contributed by atoms with Gasteiger partial charge in [-0.15, -0.1) is 0 Å². The highest BCUT2D eigenvalue weighted by Gasteiger charge is 2.45. The Morgan fingerprint density at radius 1 is 1.19 bits per heavy atom. The lowest BCUT2D eigenvalue weighted by Crippen LogP contribution is -2.54. The van der Waals surface area contributed by atoms with Crippen LogP contribution in [0.2, 0.25) is 0 Å². The normalized spacial score (nSPS) is 22.9. The summed E-state index contributed by atoms with van der Waals surface area (Å²) >= 11 is 1.55. The Morgan fingerprint density at radius 2 is 1.93 bits per heavy atom. The minimum absolute atomic E-state index is 0.111. The fourth-order valence-corrected chi connectivity index (χ4v) is 5.31. The molecule has 2 saturated heterocycles. The number of aliphatic hydroxyl groups is 1. The van der Waals surface area contributed by atoms with Gasteiger partial charge in [0.2, 0.25) is 0 Å². The molecular formula is C21H27N3O2S. The van der Waals surface area contributed by atoms with Crippen LogP contribution in [-0.2, 0) is 6.54 Å². The van der Waals surface area contributed by atoms with Gasteiger partial charge in [-0.3, -0.25) is 14.7 Å². The molecule has 2 aromatic rings. The molecular weight excluding hydrogens is 358 g/mol. The lowest BCUT2D eigenvalue weighted by Gasteiger charge is -2.51. The van der Waals surface area contributed by atoms with Crippen molar-refractivity contribution in [1.82, 2.24) is 14.8 Å². The predicted molar refractivity (Wildman–Crippen MR) is 107 cm³/mol. The van der Waals surface area contributed by atoms with Gasteiger partial charge < -0.3 is 10.0 Å². The Morgan fingerprint density at radius 3 is 2.59 bits per heavy atom. The molecule has 0 radical (unpaired) electrons. The molecule has 5 nitrogen and oxygen atoms in total. The second-order valence-corrected chi connectivity index (χ2v) is 8.67. The van der Waals surface area contributed by atoms with Crippen LogP contribution >= 0.6 is 11.3 Å². The van der Waals surface area contributed by atoms with Crippen LogP contribution in [0, 0.1) is 11.3 Å². The van der Waals surface area contributed by atoms with Crippen molar-refractivity contribution in [3.8, 4) is 0 Å². The third-order valence-corrected chi connectivity index (χ3v) is 7.15. The number of pyridine rings is 1. The summed E-state index contributed by atoms with van der Waals surface area (Å²) in [5.41, 5.74) is 2.25. The van der Waals surface area contributed by atoms with Crippen molar-refractivity contribution in [2.45, 2.75) is 25.8 Å². The van der Waals surface area contributed by atoms with Crippen molar-refractivity contribution in [3.05, 3.63) is 52.5 Å². The summed E-state index contributed by atoms with van der Waals surface area (Å²) in [6.45, 7) is 4.71. The standard InChI is InChI=1S/C21H27N3O2S/c25-15-19-14-24(20(26)18-3-12-27-16-18)11-6-21(19)4-9-23(10-5-21)13-17-1-7-22-8-2-17/h1-3,7-8,12,16,19,25H,4-6,9-11,13-15H2. The molecule has 0 aliphatic carbocycles. The Balaban J connectivity index is 1.37. The second kappa shape index (κ2) is 8.09. The SMILES string of the molecule is O=C(c1ccsc1)N1CCC2(CCN(Cc3ccncc3)CC2)C(CO)C1. The molecule has 2 aliphatic rings. The van der Waals surface area contributed by atoms with Crippen LogP contribution in [0.25, 0.3) is 0 Å². The van der Waals surface area contributed by atoms with E-state index in [9.17, 15) is 9.90 Å². The molecule has 6 heteroatoms. The molecule has 0 saturated carbocycles. The number of carbonyl (C=O) groups excluding carboxylic acids is 1. The zero-order valence-electron chi connectivity index (χ0n) is 15.6. The molecule has 27 heavy (non-hydrogen) atoms. The zero-order valence-corrected chi connectivity index (χ0v) is 16.4. The molecule has 144 valence electrons. The van der Waals surface area contributed by atoms with Gasteiger partial charge in [0.25, 0.3) is 5.91 Å². The van der Waals surface area contributed by atoms with Crippen molar-refractivity contribution in [3.63, 3.8) is 0 Å². The maximum atomic E-state index is 12.7. The molecule has 1 unspecified atom stereocenters. The number of aromatic nitrogens is 1. The summed E-state index contributed by atoms with van der Waals surface area (Å²) in [7, 11) is 0. The quantitative estimate of drug-likeness (QED) is 0.879. The number of rotatable bonds is 4. The first kappa shape index (κ1) is 18.6. The summed E-state index contributed by atoms with van der Waals surface area (Å²) in [5.74, 6) is 0.289. The summed E-state index contributed by atoms with van der Waals surface area (Å²) in [4.78, 5) is 21.2. The number of aliphatic hydroxyl groups excluding tert-OH is 1. The molecule has 0 bridgehead atoms. The Labute approximate surface area is 164 Å². The van der Waals surface area contributed by atoms with Crippen LogP contribution in [-0.4, -0.2) is 58.6 Å². The number of carbonyl (C=O) groups is 1. The molecule has 1 N–H and O–H groups in total. The van der Waals surface area contributed by atoms with E-state index in [0.29, 0.717) is 6.54 Å². The van der Waals surface area contributed by atoms with E-state index in [-0.39, 0.29) is 23.8 Å². The number of likely N-dealkylation sites (tertiary alicyclic amines) is 2. The van der Waals surface area contributed by atoms with E-state index in [1.54, 1.807) is 11.3 Å². The van der Waals surface area contributed by atoms with Crippen molar-refractivity contribution in [2.24, 2.45) is 11.3 Å². The molecule has 1 spiro atoms. The van der Waals surface area contributed by atoms with Gasteiger partial charge in [0.05, 0.1) is 5.56 Å². The van der Waals surface area contributed by atoms with Crippen molar-refractivity contribution in [2.75, 3.05) is 32.8 Å². The van der Waals surface area contributed by atoms with Gasteiger partial charge in [-0.05, 0) is 66.9 Å². The van der Waals surface area contributed by atoms with Gasteiger partial charge in [-0.2, -0.15) is 11.3 Å². The highest BCUT2D eigenvalue weighted by Crippen LogP contribution is 2.45. The molecule has 1 amide bonds. The number of thiophene rings is 1. The summed E-state index contributed by atoms with van der Waals surface area (Å²) in [5, 5.41) is 13.9. The first-order chi connectivity index (χ1) is 13.2. The minimum atomic E-state index is 0.111. The monoisotopic (exact) mass is 385 g/mol. The van der Waals surface area contributed by atoms with E-state index in [1.807, 2.05) is 34.1 Å². The third kappa shape index (κ3) is 3.93. The van der Waals surface area contributed by atoms with E-state index in [2.05, 4.69) is 22.0 Å². The topological polar surface area (TPSA) is 56.7 Å². The van der Waals surface area contributed by atoms with Crippen LogP contribution in [0.5, 0.6) is 0 Å². The zero-order chi connectivity index (χ0) is 18.7. The van der Waals surface area contributed by atoms with Crippen LogP contribution in [0.3, 0.4) is 0 Å². The molecule has 4 rings (SSSR count). The molecule has 4 heterocycles. The Hall–Kier alpha value is -1.76. The van der Waals surface area contributed by atoms with Gasteiger partial charge in [0.1, 0.15) is 0 Å². The molecule has 2 aliphatic heterocycles. The van der Waals surface area contributed by atoms with E-state index in [1.165, 1.54) is 5.56 Å². The maximum Gasteiger partial charge on any atom is 0.254 e. The smallest absolute Gasteiger partial charge is 0.254 e. The summed E-state index contributed by atoms with van der Waals surface area (Å²) < 4.78 is 0. The van der Waals surface area contributed by atoms with Gasteiger partial charge in [0, 0.05) is 49.9 Å². The number of hydrogen-bond acceptors (Lipinski definition) is 5. The average molecular weight is 386 g/mol. The van der Waals surface area contributed by atoms with Gasteiger partial charge in [-0.25, -0.2) is 0 Å². The number of hydrogen-bond donors (Lipinski definition) is 1. The van der Waals surface area contributed by atoms with Crippen LogP contribution in [0.4, 0.5) is 0 Å². The van der Waals surface area contributed by atoms with Crippen LogP contribution in [0.15, 0.2) is 41.4 Å². The Kier molecular flexibility index (Phi) is 5.57. The van der Waals surface area contributed by atoms with E-state index >= 15 is 0 Å². The average Bonchev–Trinajstić information content (AvgIpc) is 3.25. The minimum Gasteiger partial charge on any atom is -0.396 e. The van der Waals surface area contributed by atoms with E-state index < -0.39 is 0 Å². The lowest BCUT2D eigenvalue weighted by atomic mass is 9.64. The fourth-order valence-electron chi connectivity index (χ4n) is 4.68. The summed E-state index contributed by atoms with van der Waals surface area (Å²) in [6, 6.07) is 6.05. The summed E-state index contributed by atoms with van der Waals surface area (Å²) in [6.07, 6.45) is 6.90. The highest BCUT2D eigenvalue weighted by molar-refractivity contribution is 7.08. The van der Waals surface area contributed by atoms with Gasteiger partial charge in [-0.1, -0.05) is 0 Å². The van der Waals surface area contributed by atoms with E-state index in [4.69, 9.17) is 0 Å². The van der Waals surface area contributed by atoms with E-state index in [0.717, 1.165) is 51.0 Å². The second-order valence-electron chi connectivity index (χ2n) is 7.89. The molecule has 2 fully saturated rings.